The second-order valence-corrected chi connectivity index (χ2v) is 6.02. The zero-order chi connectivity index (χ0) is 18.9. The van der Waals surface area contributed by atoms with Gasteiger partial charge in [-0.15, -0.1) is 0 Å². The Kier molecular flexibility index (Phi) is 4.84. The van der Waals surface area contributed by atoms with Crippen molar-refractivity contribution in [3.05, 3.63) is 60.2 Å². The van der Waals surface area contributed by atoms with Crippen molar-refractivity contribution in [3.8, 4) is 22.4 Å². The first kappa shape index (κ1) is 18.2. The van der Waals surface area contributed by atoms with Gasteiger partial charge < -0.3 is 5.73 Å². The molecule has 1 heterocycles. The fourth-order valence-electron chi connectivity index (χ4n) is 2.40. The molecule has 9 heteroatoms. The Morgan fingerprint density at radius 2 is 1.65 bits per heavy atom. The summed E-state index contributed by atoms with van der Waals surface area (Å²) in [5, 5.41) is 5.50. The Balaban J connectivity index is 2.03. The minimum Gasteiger partial charge on any atom is -0.382 e. The third-order valence-electron chi connectivity index (χ3n) is 3.66. The van der Waals surface area contributed by atoms with E-state index in [0.717, 1.165) is 12.1 Å². The normalized spacial score (nSPS) is 11.6. The van der Waals surface area contributed by atoms with Crippen molar-refractivity contribution in [1.82, 2.24) is 9.97 Å². The molecule has 0 aliphatic rings. The van der Waals surface area contributed by atoms with E-state index in [1.165, 1.54) is 30.6 Å². The molecular weight excluding hydrogens is 368 g/mol. The quantitative estimate of drug-likeness (QED) is 0.516. The smallest absolute Gasteiger partial charge is 0.382 e. The summed E-state index contributed by atoms with van der Waals surface area (Å²) in [4.78, 5) is 8.06. The lowest BCUT2D eigenvalue weighted by Crippen LogP contribution is -2.05. The number of anilines is 1. The summed E-state index contributed by atoms with van der Waals surface area (Å²) in [5.74, 6) is -0.380. The van der Waals surface area contributed by atoms with Crippen LogP contribution in [-0.2, 0) is 6.18 Å². The average molecular weight is 380 g/mol. The molecule has 4 N–H and O–H groups in total. The highest BCUT2D eigenvalue weighted by atomic mass is 32.2. The van der Waals surface area contributed by atoms with E-state index in [-0.39, 0.29) is 16.3 Å². The van der Waals surface area contributed by atoms with Gasteiger partial charge in [0.15, 0.2) is 0 Å². The number of alkyl halides is 3. The molecule has 0 aliphatic carbocycles. The summed E-state index contributed by atoms with van der Waals surface area (Å²) in [6, 6.07) is 7.43. The van der Waals surface area contributed by atoms with Gasteiger partial charge in [0, 0.05) is 10.5 Å². The minimum absolute atomic E-state index is 0.194. The highest BCUT2D eigenvalue weighted by Gasteiger charge is 2.31. The van der Waals surface area contributed by atoms with Gasteiger partial charge in [0.25, 0.3) is 0 Å². The zero-order valence-corrected chi connectivity index (χ0v) is 13.9. The summed E-state index contributed by atoms with van der Waals surface area (Å²) < 4.78 is 53.0. The van der Waals surface area contributed by atoms with Gasteiger partial charge in [-0.2, -0.15) is 13.2 Å². The molecule has 0 fully saturated rings. The van der Waals surface area contributed by atoms with Gasteiger partial charge in [-0.25, -0.2) is 9.37 Å². The van der Waals surface area contributed by atoms with Gasteiger partial charge in [-0.3, -0.25) is 10.1 Å². The van der Waals surface area contributed by atoms with Crippen LogP contribution in [0.5, 0.6) is 0 Å². The van der Waals surface area contributed by atoms with E-state index in [1.54, 1.807) is 6.07 Å². The Bertz CT molecular complexity index is 942. The number of hydrogen-bond donors (Lipinski definition) is 2. The summed E-state index contributed by atoms with van der Waals surface area (Å²) in [6.45, 7) is 0. The van der Waals surface area contributed by atoms with Crippen LogP contribution in [0.15, 0.2) is 53.7 Å². The maximum absolute atomic E-state index is 14.5. The maximum atomic E-state index is 14.5. The van der Waals surface area contributed by atoms with Gasteiger partial charge in [-0.05, 0) is 47.3 Å². The lowest BCUT2D eigenvalue weighted by molar-refractivity contribution is -0.137. The van der Waals surface area contributed by atoms with Crippen molar-refractivity contribution in [3.63, 3.8) is 0 Å². The van der Waals surface area contributed by atoms with Crippen LogP contribution in [0.1, 0.15) is 5.56 Å². The number of nitrogens with two attached hydrogens (primary N) is 2. The third kappa shape index (κ3) is 3.63. The second kappa shape index (κ2) is 6.93. The Morgan fingerprint density at radius 1 is 0.923 bits per heavy atom. The minimum atomic E-state index is -4.48. The van der Waals surface area contributed by atoms with Crippen molar-refractivity contribution < 1.29 is 17.6 Å². The summed E-state index contributed by atoms with van der Waals surface area (Å²) in [5.41, 5.74) is 5.94. The zero-order valence-electron chi connectivity index (χ0n) is 13.1. The molecule has 0 atom stereocenters. The number of hydrogen-bond acceptors (Lipinski definition) is 5. The van der Waals surface area contributed by atoms with Gasteiger partial charge >= 0.3 is 6.18 Å². The monoisotopic (exact) mass is 380 g/mol. The van der Waals surface area contributed by atoms with Gasteiger partial charge in [-0.1, -0.05) is 12.1 Å². The van der Waals surface area contributed by atoms with E-state index in [9.17, 15) is 17.6 Å². The molecule has 134 valence electrons. The molecule has 0 bridgehead atoms. The van der Waals surface area contributed by atoms with Gasteiger partial charge in [0.1, 0.15) is 11.6 Å². The molecule has 0 spiro atoms. The number of aromatic nitrogens is 2. The Hall–Kier alpha value is -2.65. The highest BCUT2D eigenvalue weighted by molar-refractivity contribution is 7.97. The lowest BCUT2D eigenvalue weighted by atomic mass is 10.0. The largest absolute Gasteiger partial charge is 0.416 e. The van der Waals surface area contributed by atoms with Crippen molar-refractivity contribution in [2.75, 3.05) is 5.73 Å². The van der Waals surface area contributed by atoms with Crippen LogP contribution in [0.3, 0.4) is 0 Å². The van der Waals surface area contributed by atoms with E-state index in [2.05, 4.69) is 9.97 Å². The number of halogens is 4. The predicted octanol–water partition coefficient (Wildman–Crippen LogP) is 4.52. The molecule has 0 aliphatic heterocycles. The fraction of sp³-hybridized carbons (Fsp3) is 0.0588. The molecule has 26 heavy (non-hydrogen) atoms. The molecule has 4 nitrogen and oxygen atoms in total. The lowest BCUT2D eigenvalue weighted by Gasteiger charge is -2.13. The summed E-state index contributed by atoms with van der Waals surface area (Å²) in [7, 11) is 0. The van der Waals surface area contributed by atoms with Crippen LogP contribution >= 0.6 is 11.9 Å². The van der Waals surface area contributed by atoms with Crippen LogP contribution < -0.4 is 10.9 Å². The molecule has 2 aromatic carbocycles. The summed E-state index contributed by atoms with van der Waals surface area (Å²) >= 11 is 0.670. The molecular formula is C17H12F4N4S. The predicted molar refractivity (Wildman–Crippen MR) is 92.3 cm³/mol. The van der Waals surface area contributed by atoms with Gasteiger partial charge in [0.2, 0.25) is 0 Å². The fourth-order valence-corrected chi connectivity index (χ4v) is 2.91. The molecule has 0 saturated heterocycles. The Labute approximate surface area is 150 Å². The van der Waals surface area contributed by atoms with Crippen LogP contribution in [0, 0.1) is 5.82 Å². The average Bonchev–Trinajstić information content (AvgIpc) is 2.61. The van der Waals surface area contributed by atoms with Crippen LogP contribution in [0.4, 0.5) is 23.4 Å². The molecule has 0 amide bonds. The van der Waals surface area contributed by atoms with E-state index in [0.29, 0.717) is 28.8 Å². The van der Waals surface area contributed by atoms with E-state index < -0.39 is 17.6 Å². The molecule has 0 unspecified atom stereocenters. The molecule has 3 rings (SSSR count). The topological polar surface area (TPSA) is 77.8 Å². The van der Waals surface area contributed by atoms with E-state index >= 15 is 0 Å². The maximum Gasteiger partial charge on any atom is 0.416 e. The van der Waals surface area contributed by atoms with Crippen molar-refractivity contribution in [2.24, 2.45) is 5.14 Å². The van der Waals surface area contributed by atoms with Gasteiger partial charge in [0.05, 0.1) is 23.7 Å². The Morgan fingerprint density at radius 3 is 2.23 bits per heavy atom. The van der Waals surface area contributed by atoms with Crippen molar-refractivity contribution >= 4 is 17.8 Å². The molecule has 1 aromatic heterocycles. The highest BCUT2D eigenvalue weighted by Crippen LogP contribution is 2.37. The number of nitrogen functional groups attached to an aromatic ring is 1. The first-order valence-corrected chi connectivity index (χ1v) is 8.13. The standard InChI is InChI=1S/C17H12F4N4S/c18-13-5-9(1-3-12(13)14-7-25-16(22)8-24-14)11-4-2-10(17(19,20)21)6-15(11)26-23/h1-8H,23H2,(H2,22,25). The number of rotatable bonds is 3. The SMILES string of the molecule is NSc1cc(C(F)(F)F)ccc1-c1ccc(-c2cnc(N)cn2)c(F)c1. The molecule has 3 aromatic rings. The third-order valence-corrected chi connectivity index (χ3v) is 4.26. The summed E-state index contributed by atoms with van der Waals surface area (Å²) in [6.07, 6.45) is -1.83. The number of nitrogens with zero attached hydrogens (tertiary/aromatic N) is 2. The molecule has 0 radical (unpaired) electrons. The van der Waals surface area contributed by atoms with Crippen LogP contribution in [-0.4, -0.2) is 9.97 Å². The van der Waals surface area contributed by atoms with E-state index in [4.69, 9.17) is 10.9 Å². The first-order valence-electron chi connectivity index (χ1n) is 7.25. The first-order chi connectivity index (χ1) is 12.3. The van der Waals surface area contributed by atoms with Crippen molar-refractivity contribution in [2.45, 2.75) is 11.1 Å². The molecule has 0 saturated carbocycles. The second-order valence-electron chi connectivity index (χ2n) is 5.35. The van der Waals surface area contributed by atoms with E-state index in [1.807, 2.05) is 0 Å². The van der Waals surface area contributed by atoms with Crippen LogP contribution in [0.25, 0.3) is 22.4 Å². The number of benzene rings is 2. The van der Waals surface area contributed by atoms with Crippen LogP contribution in [0.2, 0.25) is 0 Å². The van der Waals surface area contributed by atoms with Crippen molar-refractivity contribution in [1.29, 1.82) is 0 Å².